The molecule has 5 heteroatoms. The Labute approximate surface area is 151 Å². The number of carbonyl (C=O) groups is 1. The molecule has 126 valence electrons. The van der Waals surface area contributed by atoms with E-state index in [9.17, 15) is 4.79 Å². The normalized spacial score (nSPS) is 14.6. The van der Waals surface area contributed by atoms with Gasteiger partial charge in [-0.15, -0.1) is 11.3 Å². The van der Waals surface area contributed by atoms with Crippen molar-refractivity contribution in [1.82, 2.24) is 9.88 Å². The van der Waals surface area contributed by atoms with Crippen molar-refractivity contribution in [3.8, 4) is 11.1 Å². The number of thiophene rings is 1. The van der Waals surface area contributed by atoms with Crippen LogP contribution in [-0.2, 0) is 0 Å². The molecule has 1 aliphatic heterocycles. The van der Waals surface area contributed by atoms with E-state index < -0.39 is 0 Å². The lowest BCUT2D eigenvalue weighted by atomic mass is 10.1. The highest BCUT2D eigenvalue weighted by Crippen LogP contribution is 2.29. The van der Waals surface area contributed by atoms with Gasteiger partial charge in [0.05, 0.1) is 4.88 Å². The van der Waals surface area contributed by atoms with E-state index in [2.05, 4.69) is 22.0 Å². The van der Waals surface area contributed by atoms with Crippen molar-refractivity contribution >= 4 is 22.9 Å². The molecule has 0 atom stereocenters. The summed E-state index contributed by atoms with van der Waals surface area (Å²) in [6, 6.07) is 16.2. The monoisotopic (exact) mass is 349 g/mol. The number of hydrogen-bond donors (Lipinski definition) is 0. The average molecular weight is 349 g/mol. The Balaban J connectivity index is 1.48. The number of piperazine rings is 1. The Morgan fingerprint density at radius 1 is 0.920 bits per heavy atom. The van der Waals surface area contributed by atoms with Gasteiger partial charge < -0.3 is 9.80 Å². The first-order valence-electron chi connectivity index (χ1n) is 8.40. The van der Waals surface area contributed by atoms with Crippen LogP contribution in [0.3, 0.4) is 0 Å². The molecule has 1 amide bonds. The number of anilines is 1. The molecule has 2 aromatic heterocycles. The number of pyridine rings is 1. The summed E-state index contributed by atoms with van der Waals surface area (Å²) < 4.78 is 0. The SMILES string of the molecule is O=C(c1sccc1-c1ccccc1)N1CCN(c2ccncc2)CC1. The molecule has 3 heterocycles. The molecule has 25 heavy (non-hydrogen) atoms. The summed E-state index contributed by atoms with van der Waals surface area (Å²) in [6.07, 6.45) is 3.62. The molecule has 1 aliphatic rings. The molecule has 0 radical (unpaired) electrons. The van der Waals surface area contributed by atoms with E-state index >= 15 is 0 Å². The minimum atomic E-state index is 0.142. The van der Waals surface area contributed by atoms with Crippen molar-refractivity contribution in [1.29, 1.82) is 0 Å². The number of benzene rings is 1. The van der Waals surface area contributed by atoms with Gasteiger partial charge >= 0.3 is 0 Å². The summed E-state index contributed by atoms with van der Waals surface area (Å²) in [5.74, 6) is 0.142. The molecule has 4 nitrogen and oxygen atoms in total. The predicted octanol–water partition coefficient (Wildman–Crippen LogP) is 3.77. The number of amides is 1. The van der Waals surface area contributed by atoms with Crippen LogP contribution in [0.5, 0.6) is 0 Å². The van der Waals surface area contributed by atoms with Crippen LogP contribution >= 0.6 is 11.3 Å². The number of nitrogens with zero attached hydrogens (tertiary/aromatic N) is 3. The first kappa shape index (κ1) is 15.8. The summed E-state index contributed by atoms with van der Waals surface area (Å²) in [6.45, 7) is 3.18. The number of carbonyl (C=O) groups excluding carboxylic acids is 1. The van der Waals surface area contributed by atoms with Gasteiger partial charge in [-0.25, -0.2) is 0 Å². The third-order valence-electron chi connectivity index (χ3n) is 4.54. The number of hydrogen-bond acceptors (Lipinski definition) is 4. The van der Waals surface area contributed by atoms with Gasteiger partial charge in [-0.2, -0.15) is 0 Å². The molecule has 0 saturated carbocycles. The van der Waals surface area contributed by atoms with Crippen LogP contribution < -0.4 is 4.90 Å². The summed E-state index contributed by atoms with van der Waals surface area (Å²) in [5, 5.41) is 2.00. The molecule has 0 bridgehead atoms. The lowest BCUT2D eigenvalue weighted by Crippen LogP contribution is -2.48. The summed E-state index contributed by atoms with van der Waals surface area (Å²) >= 11 is 1.53. The standard InChI is InChI=1S/C20H19N3OS/c24-20(19-18(8-15-25-19)16-4-2-1-3-5-16)23-13-11-22(12-14-23)17-6-9-21-10-7-17/h1-10,15H,11-14H2. The smallest absolute Gasteiger partial charge is 0.264 e. The maximum absolute atomic E-state index is 13.0. The Morgan fingerprint density at radius 2 is 1.64 bits per heavy atom. The second-order valence-electron chi connectivity index (χ2n) is 6.01. The summed E-state index contributed by atoms with van der Waals surface area (Å²) in [7, 11) is 0. The lowest BCUT2D eigenvalue weighted by Gasteiger charge is -2.36. The second kappa shape index (κ2) is 7.07. The Bertz CT molecular complexity index is 840. The minimum Gasteiger partial charge on any atom is -0.368 e. The third kappa shape index (κ3) is 3.28. The van der Waals surface area contributed by atoms with Crippen LogP contribution in [0.25, 0.3) is 11.1 Å². The van der Waals surface area contributed by atoms with E-state index in [1.165, 1.54) is 17.0 Å². The van der Waals surface area contributed by atoms with E-state index in [1.54, 1.807) is 0 Å². The maximum atomic E-state index is 13.0. The quantitative estimate of drug-likeness (QED) is 0.722. The zero-order valence-corrected chi connectivity index (χ0v) is 14.7. The zero-order chi connectivity index (χ0) is 17.1. The van der Waals surface area contributed by atoms with Crippen molar-refractivity contribution in [3.63, 3.8) is 0 Å². The fourth-order valence-corrected chi connectivity index (χ4v) is 4.07. The van der Waals surface area contributed by atoms with E-state index in [0.717, 1.165) is 42.2 Å². The van der Waals surface area contributed by atoms with Crippen LogP contribution in [-0.4, -0.2) is 42.0 Å². The molecular formula is C20H19N3OS. The van der Waals surface area contributed by atoms with Gasteiger partial charge in [-0.3, -0.25) is 9.78 Å². The van der Waals surface area contributed by atoms with Crippen molar-refractivity contribution < 1.29 is 4.79 Å². The van der Waals surface area contributed by atoms with E-state index in [1.807, 2.05) is 59.1 Å². The van der Waals surface area contributed by atoms with Gasteiger partial charge in [0, 0.05) is 49.8 Å². The topological polar surface area (TPSA) is 36.4 Å². The summed E-state index contributed by atoms with van der Waals surface area (Å²) in [5.41, 5.74) is 3.30. The van der Waals surface area contributed by atoms with Crippen LogP contribution in [0.4, 0.5) is 5.69 Å². The van der Waals surface area contributed by atoms with Crippen LogP contribution in [0, 0.1) is 0 Å². The highest BCUT2D eigenvalue weighted by molar-refractivity contribution is 7.12. The Hall–Kier alpha value is -2.66. The van der Waals surface area contributed by atoms with Gasteiger partial charge in [0.15, 0.2) is 0 Å². The van der Waals surface area contributed by atoms with Gasteiger partial charge in [0.2, 0.25) is 0 Å². The van der Waals surface area contributed by atoms with Gasteiger partial charge in [-0.1, -0.05) is 30.3 Å². The second-order valence-corrected chi connectivity index (χ2v) is 6.93. The van der Waals surface area contributed by atoms with Crippen molar-refractivity contribution in [2.75, 3.05) is 31.1 Å². The summed E-state index contributed by atoms with van der Waals surface area (Å²) in [4.78, 5) is 22.2. The molecule has 0 N–H and O–H groups in total. The van der Waals surface area contributed by atoms with Crippen molar-refractivity contribution in [3.05, 3.63) is 71.2 Å². The zero-order valence-electron chi connectivity index (χ0n) is 13.8. The van der Waals surface area contributed by atoms with E-state index in [-0.39, 0.29) is 5.91 Å². The van der Waals surface area contributed by atoms with Crippen LogP contribution in [0.15, 0.2) is 66.3 Å². The minimum absolute atomic E-state index is 0.142. The molecule has 1 aromatic carbocycles. The van der Waals surface area contributed by atoms with Crippen LogP contribution in [0.1, 0.15) is 9.67 Å². The first-order valence-corrected chi connectivity index (χ1v) is 9.28. The Morgan fingerprint density at radius 3 is 2.36 bits per heavy atom. The Kier molecular flexibility index (Phi) is 4.48. The van der Waals surface area contributed by atoms with E-state index in [0.29, 0.717) is 0 Å². The molecule has 1 fully saturated rings. The molecule has 4 rings (SSSR count). The molecular weight excluding hydrogens is 330 g/mol. The molecule has 0 unspecified atom stereocenters. The largest absolute Gasteiger partial charge is 0.368 e. The number of aromatic nitrogens is 1. The maximum Gasteiger partial charge on any atom is 0.264 e. The third-order valence-corrected chi connectivity index (χ3v) is 5.44. The highest BCUT2D eigenvalue weighted by atomic mass is 32.1. The predicted molar refractivity (Wildman–Crippen MR) is 102 cm³/mol. The molecule has 0 spiro atoms. The number of rotatable bonds is 3. The highest BCUT2D eigenvalue weighted by Gasteiger charge is 2.25. The fraction of sp³-hybridized carbons (Fsp3) is 0.200. The van der Waals surface area contributed by atoms with Gasteiger partial charge in [-0.05, 0) is 29.1 Å². The van der Waals surface area contributed by atoms with Gasteiger partial charge in [0.1, 0.15) is 0 Å². The van der Waals surface area contributed by atoms with Crippen molar-refractivity contribution in [2.24, 2.45) is 0 Å². The lowest BCUT2D eigenvalue weighted by molar-refractivity contribution is 0.0752. The first-order chi connectivity index (χ1) is 12.3. The van der Waals surface area contributed by atoms with Crippen LogP contribution in [0.2, 0.25) is 0 Å². The molecule has 3 aromatic rings. The van der Waals surface area contributed by atoms with Crippen molar-refractivity contribution in [2.45, 2.75) is 0 Å². The molecule has 0 aliphatic carbocycles. The fourth-order valence-electron chi connectivity index (χ4n) is 3.19. The van der Waals surface area contributed by atoms with E-state index in [4.69, 9.17) is 0 Å². The average Bonchev–Trinajstić information content (AvgIpc) is 3.19. The molecule has 1 saturated heterocycles. The van der Waals surface area contributed by atoms with Gasteiger partial charge in [0.25, 0.3) is 5.91 Å².